The fourth-order valence-electron chi connectivity index (χ4n) is 1.53. The Morgan fingerprint density at radius 3 is 2.72 bits per heavy atom. The summed E-state index contributed by atoms with van der Waals surface area (Å²) in [4.78, 5) is 11.8. The lowest BCUT2D eigenvalue weighted by atomic mass is 9.98. The van der Waals surface area contributed by atoms with Crippen LogP contribution in [0.2, 0.25) is 0 Å². The Hall–Kier alpha value is -1.55. The third-order valence-corrected chi connectivity index (χ3v) is 3.10. The predicted molar refractivity (Wildman–Crippen MR) is 73.1 cm³/mol. The molecule has 0 fully saturated rings. The zero-order valence-electron chi connectivity index (χ0n) is 11.2. The van der Waals surface area contributed by atoms with Crippen LogP contribution < -0.4 is 11.1 Å². The third kappa shape index (κ3) is 4.37. The van der Waals surface area contributed by atoms with Crippen LogP contribution in [0.1, 0.15) is 32.8 Å². The van der Waals surface area contributed by atoms with Gasteiger partial charge in [0.1, 0.15) is 0 Å². The van der Waals surface area contributed by atoms with Crippen molar-refractivity contribution in [3.63, 3.8) is 0 Å². The molecule has 0 saturated carbocycles. The molecule has 1 aromatic rings. The average Bonchev–Trinajstić information content (AvgIpc) is 2.25. The molecule has 1 rings (SSSR count). The van der Waals surface area contributed by atoms with Crippen molar-refractivity contribution in [2.45, 2.75) is 45.3 Å². The summed E-state index contributed by atoms with van der Waals surface area (Å²) < 4.78 is 0. The molecule has 0 spiro atoms. The number of aliphatic hydroxyl groups excluding tert-OH is 1. The Bertz CT molecular complexity index is 414. The van der Waals surface area contributed by atoms with Gasteiger partial charge < -0.3 is 16.2 Å². The molecule has 1 atom stereocenters. The molecular weight excluding hydrogens is 228 g/mol. The standard InChI is InChI=1S/C14H22N2O2/c1-10(17)14(2,3)16-13(18)8-7-11-5-4-6-12(15)9-11/h4-6,9-10,17H,7-8,15H2,1-3H3,(H,16,18). The van der Waals surface area contributed by atoms with Crippen LogP contribution in [0.4, 0.5) is 5.69 Å². The second-order valence-electron chi connectivity index (χ2n) is 5.19. The van der Waals surface area contributed by atoms with Crippen molar-refractivity contribution in [2.24, 2.45) is 0 Å². The highest BCUT2D eigenvalue weighted by molar-refractivity contribution is 5.77. The fraction of sp³-hybridized carbons (Fsp3) is 0.500. The molecule has 1 aromatic carbocycles. The first-order chi connectivity index (χ1) is 8.31. The van der Waals surface area contributed by atoms with Crippen molar-refractivity contribution in [1.82, 2.24) is 5.32 Å². The molecule has 100 valence electrons. The molecule has 0 aliphatic rings. The number of nitrogen functional groups attached to an aromatic ring is 1. The van der Waals surface area contributed by atoms with E-state index in [0.29, 0.717) is 18.5 Å². The molecule has 0 aliphatic carbocycles. The number of carbonyl (C=O) groups is 1. The Balaban J connectivity index is 2.47. The Labute approximate surface area is 108 Å². The van der Waals surface area contributed by atoms with E-state index in [2.05, 4.69) is 5.32 Å². The number of aliphatic hydroxyl groups is 1. The van der Waals surface area contributed by atoms with E-state index in [0.717, 1.165) is 5.56 Å². The molecule has 4 nitrogen and oxygen atoms in total. The molecule has 18 heavy (non-hydrogen) atoms. The molecule has 1 amide bonds. The van der Waals surface area contributed by atoms with Gasteiger partial charge in [0.05, 0.1) is 11.6 Å². The molecule has 1 unspecified atom stereocenters. The number of hydrogen-bond donors (Lipinski definition) is 3. The molecule has 4 heteroatoms. The maximum Gasteiger partial charge on any atom is 0.220 e. The SMILES string of the molecule is CC(O)C(C)(C)NC(=O)CCc1cccc(N)c1. The fourth-order valence-corrected chi connectivity index (χ4v) is 1.53. The third-order valence-electron chi connectivity index (χ3n) is 3.10. The summed E-state index contributed by atoms with van der Waals surface area (Å²) in [5, 5.41) is 12.3. The van der Waals surface area contributed by atoms with Crippen LogP contribution in [0, 0.1) is 0 Å². The number of anilines is 1. The molecular formula is C14H22N2O2. The second kappa shape index (κ2) is 5.87. The van der Waals surface area contributed by atoms with E-state index in [1.165, 1.54) is 0 Å². The zero-order chi connectivity index (χ0) is 13.8. The van der Waals surface area contributed by atoms with E-state index < -0.39 is 11.6 Å². The number of hydrogen-bond acceptors (Lipinski definition) is 3. The first-order valence-corrected chi connectivity index (χ1v) is 6.15. The number of nitrogens with one attached hydrogen (secondary N) is 1. The highest BCUT2D eigenvalue weighted by Crippen LogP contribution is 2.11. The van der Waals surface area contributed by atoms with Crippen molar-refractivity contribution in [2.75, 3.05) is 5.73 Å². The summed E-state index contributed by atoms with van der Waals surface area (Å²) >= 11 is 0. The lowest BCUT2D eigenvalue weighted by Crippen LogP contribution is -2.51. The number of amides is 1. The lowest BCUT2D eigenvalue weighted by molar-refractivity contribution is -0.123. The lowest BCUT2D eigenvalue weighted by Gasteiger charge is -2.29. The summed E-state index contributed by atoms with van der Waals surface area (Å²) in [7, 11) is 0. The van der Waals surface area contributed by atoms with Crippen molar-refractivity contribution >= 4 is 11.6 Å². The van der Waals surface area contributed by atoms with Crippen LogP contribution in [0.15, 0.2) is 24.3 Å². The van der Waals surface area contributed by atoms with E-state index >= 15 is 0 Å². The van der Waals surface area contributed by atoms with Gasteiger partial charge in [0.25, 0.3) is 0 Å². The van der Waals surface area contributed by atoms with Gasteiger partial charge in [-0.3, -0.25) is 4.79 Å². The number of benzene rings is 1. The molecule has 0 saturated heterocycles. The van der Waals surface area contributed by atoms with E-state index in [4.69, 9.17) is 5.73 Å². The van der Waals surface area contributed by atoms with Crippen LogP contribution in [-0.2, 0) is 11.2 Å². The van der Waals surface area contributed by atoms with E-state index in [1.807, 2.05) is 24.3 Å². The Kier molecular flexibility index (Phi) is 4.73. The van der Waals surface area contributed by atoms with Gasteiger partial charge in [-0.05, 0) is 44.9 Å². The second-order valence-corrected chi connectivity index (χ2v) is 5.19. The molecule has 4 N–H and O–H groups in total. The van der Waals surface area contributed by atoms with Crippen LogP contribution >= 0.6 is 0 Å². The summed E-state index contributed by atoms with van der Waals surface area (Å²) in [6.45, 7) is 5.27. The number of nitrogens with two attached hydrogens (primary N) is 1. The maximum absolute atomic E-state index is 11.8. The van der Waals surface area contributed by atoms with Gasteiger partial charge in [0.15, 0.2) is 0 Å². The number of rotatable bonds is 5. The van der Waals surface area contributed by atoms with E-state index in [-0.39, 0.29) is 5.91 Å². The predicted octanol–water partition coefficient (Wildman–Crippen LogP) is 1.48. The molecule has 0 bridgehead atoms. The normalized spacial score (nSPS) is 13.1. The first-order valence-electron chi connectivity index (χ1n) is 6.15. The average molecular weight is 250 g/mol. The Morgan fingerprint density at radius 1 is 1.50 bits per heavy atom. The largest absolute Gasteiger partial charge is 0.399 e. The zero-order valence-corrected chi connectivity index (χ0v) is 11.2. The molecule has 0 aliphatic heterocycles. The molecule has 0 heterocycles. The van der Waals surface area contributed by atoms with Gasteiger partial charge in [-0.1, -0.05) is 12.1 Å². The van der Waals surface area contributed by atoms with Gasteiger partial charge in [-0.25, -0.2) is 0 Å². The maximum atomic E-state index is 11.8. The minimum absolute atomic E-state index is 0.0664. The quantitative estimate of drug-likeness (QED) is 0.693. The van der Waals surface area contributed by atoms with Gasteiger partial charge in [-0.15, -0.1) is 0 Å². The van der Waals surface area contributed by atoms with Crippen LogP contribution in [0.3, 0.4) is 0 Å². The van der Waals surface area contributed by atoms with Crippen molar-refractivity contribution in [1.29, 1.82) is 0 Å². The minimum atomic E-state index is -0.604. The van der Waals surface area contributed by atoms with Crippen LogP contribution in [0.5, 0.6) is 0 Å². The monoisotopic (exact) mass is 250 g/mol. The highest BCUT2D eigenvalue weighted by Gasteiger charge is 2.25. The minimum Gasteiger partial charge on any atom is -0.399 e. The van der Waals surface area contributed by atoms with Crippen LogP contribution in [-0.4, -0.2) is 22.7 Å². The first kappa shape index (κ1) is 14.5. The van der Waals surface area contributed by atoms with Crippen molar-refractivity contribution < 1.29 is 9.90 Å². The highest BCUT2D eigenvalue weighted by atomic mass is 16.3. The van der Waals surface area contributed by atoms with Gasteiger partial charge >= 0.3 is 0 Å². The number of carbonyl (C=O) groups excluding carboxylic acids is 1. The van der Waals surface area contributed by atoms with Crippen molar-refractivity contribution in [3.8, 4) is 0 Å². The summed E-state index contributed by atoms with van der Waals surface area (Å²) in [5.74, 6) is -0.0664. The summed E-state index contributed by atoms with van der Waals surface area (Å²) in [5.41, 5.74) is 6.82. The Morgan fingerprint density at radius 2 is 2.17 bits per heavy atom. The molecule has 0 aromatic heterocycles. The molecule has 0 radical (unpaired) electrons. The van der Waals surface area contributed by atoms with Gasteiger partial charge in [0, 0.05) is 12.1 Å². The van der Waals surface area contributed by atoms with Crippen LogP contribution in [0.25, 0.3) is 0 Å². The summed E-state index contributed by atoms with van der Waals surface area (Å²) in [6, 6.07) is 7.51. The summed E-state index contributed by atoms with van der Waals surface area (Å²) in [6.07, 6.45) is 0.445. The van der Waals surface area contributed by atoms with Crippen molar-refractivity contribution in [3.05, 3.63) is 29.8 Å². The van der Waals surface area contributed by atoms with Gasteiger partial charge in [0.2, 0.25) is 5.91 Å². The van der Waals surface area contributed by atoms with E-state index in [1.54, 1.807) is 20.8 Å². The topological polar surface area (TPSA) is 75.3 Å². The number of aryl methyl sites for hydroxylation is 1. The van der Waals surface area contributed by atoms with Gasteiger partial charge in [-0.2, -0.15) is 0 Å². The van der Waals surface area contributed by atoms with E-state index in [9.17, 15) is 9.90 Å². The smallest absolute Gasteiger partial charge is 0.220 e.